The molecule has 1 aromatic heterocycles. The summed E-state index contributed by atoms with van der Waals surface area (Å²) in [5.74, 6) is -0.806. The first-order valence-electron chi connectivity index (χ1n) is 11.5. The van der Waals surface area contributed by atoms with Gasteiger partial charge < -0.3 is 24.6 Å². The second-order valence-corrected chi connectivity index (χ2v) is 9.08. The number of aliphatic hydroxyl groups is 1. The molecule has 2 aliphatic rings. The fourth-order valence-electron chi connectivity index (χ4n) is 5.44. The lowest BCUT2D eigenvalue weighted by atomic mass is 9.79. The number of hydrogen-bond acceptors (Lipinski definition) is 4. The molecule has 1 saturated heterocycles. The minimum Gasteiger partial charge on any atom is -0.445 e. The standard InChI is InChI=1S/C26H29N3O4/c1-16(30)23-21(28(2)26(32)33-15-17-8-4-3-5-9-17)14-22-24-19(12-13-29(22)25(23)31)18-10-6-7-11-20(18)27-24/h3-11,16,21-23,27,30H,12-15H2,1-2H3/t16-,21-,22-,23-/m0/s1. The summed E-state index contributed by atoms with van der Waals surface area (Å²) in [6.07, 6.45) is -0.0633. The van der Waals surface area contributed by atoms with Crippen LogP contribution in [0.25, 0.3) is 10.9 Å². The largest absolute Gasteiger partial charge is 0.445 e. The number of nitrogens with one attached hydrogen (secondary N) is 1. The number of hydrogen-bond donors (Lipinski definition) is 2. The number of aromatic nitrogens is 1. The van der Waals surface area contributed by atoms with Crippen LogP contribution < -0.4 is 0 Å². The molecule has 172 valence electrons. The van der Waals surface area contributed by atoms with Crippen LogP contribution in [0.3, 0.4) is 0 Å². The Morgan fingerprint density at radius 1 is 1.21 bits per heavy atom. The molecule has 7 nitrogen and oxygen atoms in total. The number of aliphatic hydroxyl groups excluding tert-OH is 1. The molecule has 0 radical (unpaired) electrons. The molecule has 5 rings (SSSR count). The minimum atomic E-state index is -0.878. The van der Waals surface area contributed by atoms with Gasteiger partial charge in [0.05, 0.1) is 24.1 Å². The van der Waals surface area contributed by atoms with Gasteiger partial charge in [-0.15, -0.1) is 0 Å². The van der Waals surface area contributed by atoms with Crippen molar-refractivity contribution < 1.29 is 19.4 Å². The molecule has 0 bridgehead atoms. The van der Waals surface area contributed by atoms with Gasteiger partial charge in [-0.25, -0.2) is 4.79 Å². The Balaban J connectivity index is 1.42. The lowest BCUT2D eigenvalue weighted by Crippen LogP contribution is -2.59. The molecule has 0 spiro atoms. The van der Waals surface area contributed by atoms with Gasteiger partial charge in [-0.3, -0.25) is 4.79 Å². The van der Waals surface area contributed by atoms with Gasteiger partial charge in [0, 0.05) is 30.2 Å². The van der Waals surface area contributed by atoms with Crippen molar-refractivity contribution in [3.63, 3.8) is 0 Å². The van der Waals surface area contributed by atoms with E-state index in [2.05, 4.69) is 11.1 Å². The fourth-order valence-corrected chi connectivity index (χ4v) is 5.44. The van der Waals surface area contributed by atoms with Gasteiger partial charge in [0.25, 0.3) is 0 Å². The van der Waals surface area contributed by atoms with Crippen molar-refractivity contribution >= 4 is 22.9 Å². The molecule has 4 atom stereocenters. The number of H-pyrrole nitrogens is 1. The van der Waals surface area contributed by atoms with Crippen LogP contribution in [0.1, 0.15) is 36.2 Å². The maximum absolute atomic E-state index is 13.5. The molecule has 2 aliphatic heterocycles. The number of aromatic amines is 1. The molecule has 2 amide bonds. The quantitative estimate of drug-likeness (QED) is 0.640. The van der Waals surface area contributed by atoms with Crippen LogP contribution in [0.5, 0.6) is 0 Å². The van der Waals surface area contributed by atoms with Crippen molar-refractivity contribution in [3.8, 4) is 0 Å². The molecule has 0 unspecified atom stereocenters. The van der Waals surface area contributed by atoms with E-state index in [4.69, 9.17) is 4.74 Å². The van der Waals surface area contributed by atoms with Crippen LogP contribution in [0.15, 0.2) is 54.6 Å². The zero-order valence-corrected chi connectivity index (χ0v) is 18.9. The molecule has 0 saturated carbocycles. The van der Waals surface area contributed by atoms with Crippen molar-refractivity contribution in [2.75, 3.05) is 13.6 Å². The number of nitrogens with zero attached hydrogens (tertiary/aromatic N) is 2. The van der Waals surface area contributed by atoms with Crippen molar-refractivity contribution in [3.05, 3.63) is 71.4 Å². The first-order chi connectivity index (χ1) is 16.0. The number of ether oxygens (including phenoxy) is 1. The van der Waals surface area contributed by atoms with Crippen molar-refractivity contribution in [1.29, 1.82) is 0 Å². The molecule has 2 N–H and O–H groups in total. The summed E-state index contributed by atoms with van der Waals surface area (Å²) >= 11 is 0. The summed E-state index contributed by atoms with van der Waals surface area (Å²) in [6, 6.07) is 17.0. The van der Waals surface area contributed by atoms with Gasteiger partial charge in [-0.05, 0) is 37.0 Å². The van der Waals surface area contributed by atoms with E-state index < -0.39 is 24.2 Å². The normalized spacial score (nSPS) is 23.1. The highest BCUT2D eigenvalue weighted by Gasteiger charge is 2.49. The van der Waals surface area contributed by atoms with E-state index in [9.17, 15) is 14.7 Å². The third-order valence-electron chi connectivity index (χ3n) is 7.12. The lowest BCUT2D eigenvalue weighted by molar-refractivity contribution is -0.152. The molecule has 3 aromatic rings. The fraction of sp³-hybridized carbons (Fsp3) is 0.385. The zero-order valence-electron chi connectivity index (χ0n) is 18.9. The first-order valence-corrected chi connectivity index (χ1v) is 11.5. The predicted octanol–water partition coefficient (Wildman–Crippen LogP) is 3.63. The maximum atomic E-state index is 13.5. The summed E-state index contributed by atoms with van der Waals surface area (Å²) in [4.78, 5) is 33.3. The minimum absolute atomic E-state index is 0.113. The highest BCUT2D eigenvalue weighted by atomic mass is 16.6. The second kappa shape index (κ2) is 8.56. The van der Waals surface area contributed by atoms with Gasteiger partial charge in [-0.2, -0.15) is 0 Å². The number of fused-ring (bicyclic) bond motifs is 5. The Hall–Kier alpha value is -3.32. The van der Waals surface area contributed by atoms with Crippen LogP contribution in [-0.2, 0) is 22.6 Å². The van der Waals surface area contributed by atoms with E-state index >= 15 is 0 Å². The number of piperidine rings is 1. The number of para-hydroxylation sites is 1. The second-order valence-electron chi connectivity index (χ2n) is 9.08. The molecule has 7 heteroatoms. The number of carbonyl (C=O) groups excluding carboxylic acids is 2. The summed E-state index contributed by atoms with van der Waals surface area (Å²) < 4.78 is 5.53. The lowest BCUT2D eigenvalue weighted by Gasteiger charge is -2.48. The van der Waals surface area contributed by atoms with Gasteiger partial charge in [0.15, 0.2) is 0 Å². The summed E-state index contributed by atoms with van der Waals surface area (Å²) in [7, 11) is 1.66. The van der Waals surface area contributed by atoms with E-state index in [0.717, 1.165) is 23.2 Å². The SMILES string of the molecule is C[C@H](O)[C@@H]1C(=O)N2CCc3c([nH]c4ccccc34)[C@@H]2C[C@@H]1N(C)C(=O)OCc1ccccc1. The average molecular weight is 448 g/mol. The Morgan fingerprint density at radius 3 is 2.70 bits per heavy atom. The number of benzene rings is 2. The number of carbonyl (C=O) groups is 2. The van der Waals surface area contributed by atoms with Crippen LogP contribution in [0.4, 0.5) is 4.79 Å². The topological polar surface area (TPSA) is 85.9 Å². The highest BCUT2D eigenvalue weighted by molar-refractivity contribution is 5.87. The molecule has 33 heavy (non-hydrogen) atoms. The Kier molecular flexibility index (Phi) is 5.58. The van der Waals surface area contributed by atoms with Crippen LogP contribution >= 0.6 is 0 Å². The summed E-state index contributed by atoms with van der Waals surface area (Å²) in [5.41, 5.74) is 4.23. The van der Waals surface area contributed by atoms with Gasteiger partial charge >= 0.3 is 6.09 Å². The summed E-state index contributed by atoms with van der Waals surface area (Å²) in [6.45, 7) is 2.39. The maximum Gasteiger partial charge on any atom is 0.410 e. The molecular formula is C26H29N3O4. The molecule has 2 aromatic carbocycles. The van der Waals surface area contributed by atoms with Crippen molar-refractivity contribution in [2.24, 2.45) is 5.92 Å². The highest BCUT2D eigenvalue weighted by Crippen LogP contribution is 2.43. The van der Waals surface area contributed by atoms with E-state index in [1.807, 2.05) is 53.4 Å². The molecule has 0 aliphatic carbocycles. The molecule has 1 fully saturated rings. The van der Waals surface area contributed by atoms with E-state index in [0.29, 0.717) is 13.0 Å². The zero-order chi connectivity index (χ0) is 23.1. The smallest absolute Gasteiger partial charge is 0.410 e. The number of amides is 2. The van der Waals surface area contributed by atoms with Crippen LogP contribution in [0, 0.1) is 5.92 Å². The summed E-state index contributed by atoms with van der Waals surface area (Å²) in [5, 5.41) is 11.7. The van der Waals surface area contributed by atoms with Crippen molar-refractivity contribution in [1.82, 2.24) is 14.8 Å². The van der Waals surface area contributed by atoms with Crippen LogP contribution in [-0.4, -0.2) is 57.6 Å². The third-order valence-corrected chi connectivity index (χ3v) is 7.12. The molecule has 3 heterocycles. The Labute approximate surface area is 192 Å². The predicted molar refractivity (Wildman–Crippen MR) is 124 cm³/mol. The number of rotatable bonds is 4. The Morgan fingerprint density at radius 2 is 1.94 bits per heavy atom. The van der Waals surface area contributed by atoms with Gasteiger partial charge in [0.1, 0.15) is 6.61 Å². The third kappa shape index (κ3) is 3.76. The Bertz CT molecular complexity index is 1170. The monoisotopic (exact) mass is 447 g/mol. The average Bonchev–Trinajstić information content (AvgIpc) is 3.21. The molecular weight excluding hydrogens is 418 g/mol. The van der Waals surface area contributed by atoms with Gasteiger partial charge in [-0.1, -0.05) is 48.5 Å². The van der Waals surface area contributed by atoms with Crippen molar-refractivity contribution in [2.45, 2.75) is 44.6 Å². The van der Waals surface area contributed by atoms with Crippen LogP contribution in [0.2, 0.25) is 0 Å². The van der Waals surface area contributed by atoms with E-state index in [1.54, 1.807) is 14.0 Å². The van der Waals surface area contributed by atoms with E-state index in [-0.39, 0.29) is 18.6 Å². The first kappa shape index (κ1) is 21.5. The van der Waals surface area contributed by atoms with Gasteiger partial charge in [0.2, 0.25) is 5.91 Å². The van der Waals surface area contributed by atoms with E-state index in [1.165, 1.54) is 15.8 Å².